The first kappa shape index (κ1) is 12.4. The van der Waals surface area contributed by atoms with E-state index in [0.29, 0.717) is 18.0 Å². The van der Waals surface area contributed by atoms with Crippen LogP contribution in [0.1, 0.15) is 11.1 Å². The van der Waals surface area contributed by atoms with Crippen molar-refractivity contribution >= 4 is 0 Å². The molecule has 2 aromatic rings. The minimum absolute atomic E-state index is 0.477. The summed E-state index contributed by atoms with van der Waals surface area (Å²) in [6.07, 6.45) is 3.46. The highest BCUT2D eigenvalue weighted by Crippen LogP contribution is 2.33. The van der Waals surface area contributed by atoms with Crippen LogP contribution in [0.5, 0.6) is 17.2 Å². The number of rotatable bonds is 4. The lowest BCUT2D eigenvalue weighted by atomic mass is 10.2. The molecule has 0 saturated carbocycles. The monoisotopic (exact) mass is 244 g/mol. The molecule has 0 saturated heterocycles. The highest BCUT2D eigenvalue weighted by atomic mass is 16.5. The molecule has 1 heterocycles. The van der Waals surface area contributed by atoms with Gasteiger partial charge in [0.2, 0.25) is 0 Å². The van der Waals surface area contributed by atoms with Gasteiger partial charge in [0.1, 0.15) is 5.75 Å². The summed E-state index contributed by atoms with van der Waals surface area (Å²) in [5.41, 5.74) is 7.58. The van der Waals surface area contributed by atoms with E-state index < -0.39 is 0 Å². The summed E-state index contributed by atoms with van der Waals surface area (Å²) in [5, 5.41) is 0. The van der Waals surface area contributed by atoms with Crippen molar-refractivity contribution in [1.82, 2.24) is 4.98 Å². The summed E-state index contributed by atoms with van der Waals surface area (Å²) in [5.74, 6) is 2.11. The standard InChI is InChI=1S/C14H16N2O2/c1-10-9-16-6-5-12(10)18-13-4-3-11(8-15)7-14(13)17-2/h3-7,9H,8,15H2,1-2H3. The zero-order valence-corrected chi connectivity index (χ0v) is 10.5. The average Bonchev–Trinajstić information content (AvgIpc) is 2.41. The summed E-state index contributed by atoms with van der Waals surface area (Å²) in [6.45, 7) is 2.42. The SMILES string of the molecule is COc1cc(CN)ccc1Oc1ccncc1C. The van der Waals surface area contributed by atoms with Gasteiger partial charge >= 0.3 is 0 Å². The number of nitrogens with zero attached hydrogens (tertiary/aromatic N) is 1. The molecular weight excluding hydrogens is 228 g/mol. The van der Waals surface area contributed by atoms with Crippen molar-refractivity contribution in [2.75, 3.05) is 7.11 Å². The molecule has 0 aliphatic carbocycles. The molecule has 0 bridgehead atoms. The second-order valence-corrected chi connectivity index (χ2v) is 3.93. The predicted octanol–water partition coefficient (Wildman–Crippen LogP) is 2.65. The second-order valence-electron chi connectivity index (χ2n) is 3.93. The Kier molecular flexibility index (Phi) is 3.79. The van der Waals surface area contributed by atoms with E-state index >= 15 is 0 Å². The lowest BCUT2D eigenvalue weighted by Gasteiger charge is -2.12. The molecule has 2 rings (SSSR count). The topological polar surface area (TPSA) is 57.4 Å². The number of hydrogen-bond donors (Lipinski definition) is 1. The first-order valence-corrected chi connectivity index (χ1v) is 5.70. The summed E-state index contributed by atoms with van der Waals surface area (Å²) >= 11 is 0. The fraction of sp³-hybridized carbons (Fsp3) is 0.214. The van der Waals surface area contributed by atoms with Gasteiger partial charge < -0.3 is 15.2 Å². The number of aryl methyl sites for hydroxylation is 1. The number of hydrogen-bond acceptors (Lipinski definition) is 4. The molecule has 2 N–H and O–H groups in total. The van der Waals surface area contributed by atoms with Crippen molar-refractivity contribution < 1.29 is 9.47 Å². The Bertz CT molecular complexity index is 541. The van der Waals surface area contributed by atoms with E-state index in [-0.39, 0.29) is 0 Å². The van der Waals surface area contributed by atoms with E-state index in [9.17, 15) is 0 Å². The molecule has 1 aromatic heterocycles. The van der Waals surface area contributed by atoms with Crippen molar-refractivity contribution in [3.63, 3.8) is 0 Å². The maximum Gasteiger partial charge on any atom is 0.169 e. The second kappa shape index (κ2) is 5.51. The Balaban J connectivity index is 2.32. The largest absolute Gasteiger partial charge is 0.493 e. The van der Waals surface area contributed by atoms with Crippen molar-refractivity contribution in [3.05, 3.63) is 47.8 Å². The molecule has 0 atom stereocenters. The van der Waals surface area contributed by atoms with Gasteiger partial charge in [-0.3, -0.25) is 4.98 Å². The molecular formula is C14H16N2O2. The first-order valence-electron chi connectivity index (χ1n) is 5.70. The molecule has 0 fully saturated rings. The fourth-order valence-electron chi connectivity index (χ4n) is 1.62. The molecule has 94 valence electrons. The van der Waals surface area contributed by atoms with Gasteiger partial charge in [-0.15, -0.1) is 0 Å². The number of methoxy groups -OCH3 is 1. The number of aromatic nitrogens is 1. The Morgan fingerprint density at radius 2 is 2.00 bits per heavy atom. The summed E-state index contributed by atoms with van der Waals surface area (Å²) < 4.78 is 11.1. The Morgan fingerprint density at radius 3 is 2.67 bits per heavy atom. The molecule has 0 spiro atoms. The molecule has 4 nitrogen and oxygen atoms in total. The Morgan fingerprint density at radius 1 is 1.17 bits per heavy atom. The van der Waals surface area contributed by atoms with E-state index in [0.717, 1.165) is 16.9 Å². The quantitative estimate of drug-likeness (QED) is 0.898. The van der Waals surface area contributed by atoms with Crippen LogP contribution in [0.25, 0.3) is 0 Å². The minimum Gasteiger partial charge on any atom is -0.493 e. The predicted molar refractivity (Wildman–Crippen MR) is 69.9 cm³/mol. The molecule has 0 radical (unpaired) electrons. The van der Waals surface area contributed by atoms with Crippen molar-refractivity contribution in [2.45, 2.75) is 13.5 Å². The van der Waals surface area contributed by atoms with Crippen LogP contribution in [0.15, 0.2) is 36.7 Å². The van der Waals surface area contributed by atoms with Gasteiger partial charge in [-0.1, -0.05) is 6.07 Å². The maximum atomic E-state index is 5.82. The van der Waals surface area contributed by atoms with Crippen LogP contribution in [0.2, 0.25) is 0 Å². The molecule has 0 amide bonds. The van der Waals surface area contributed by atoms with Crippen LogP contribution in [-0.4, -0.2) is 12.1 Å². The molecule has 0 aliphatic rings. The van der Waals surface area contributed by atoms with E-state index in [1.54, 1.807) is 19.5 Å². The highest BCUT2D eigenvalue weighted by molar-refractivity contribution is 5.46. The number of ether oxygens (including phenoxy) is 2. The lowest BCUT2D eigenvalue weighted by molar-refractivity contribution is 0.377. The van der Waals surface area contributed by atoms with Crippen LogP contribution < -0.4 is 15.2 Å². The number of benzene rings is 1. The van der Waals surface area contributed by atoms with Gasteiger partial charge in [-0.25, -0.2) is 0 Å². The smallest absolute Gasteiger partial charge is 0.169 e. The maximum absolute atomic E-state index is 5.82. The summed E-state index contributed by atoms with van der Waals surface area (Å²) in [6, 6.07) is 7.49. The minimum atomic E-state index is 0.477. The van der Waals surface area contributed by atoms with Crippen LogP contribution in [0, 0.1) is 6.92 Å². The van der Waals surface area contributed by atoms with E-state index in [1.807, 2.05) is 31.2 Å². The zero-order valence-electron chi connectivity index (χ0n) is 10.5. The van der Waals surface area contributed by atoms with Gasteiger partial charge in [0.15, 0.2) is 11.5 Å². The lowest BCUT2D eigenvalue weighted by Crippen LogP contribution is -1.98. The van der Waals surface area contributed by atoms with Crippen molar-refractivity contribution in [3.8, 4) is 17.2 Å². The van der Waals surface area contributed by atoms with Crippen molar-refractivity contribution in [1.29, 1.82) is 0 Å². The first-order chi connectivity index (χ1) is 8.74. The van der Waals surface area contributed by atoms with Crippen LogP contribution in [0.3, 0.4) is 0 Å². The third-order valence-corrected chi connectivity index (χ3v) is 2.65. The average molecular weight is 244 g/mol. The zero-order chi connectivity index (χ0) is 13.0. The third-order valence-electron chi connectivity index (χ3n) is 2.65. The van der Waals surface area contributed by atoms with E-state index in [2.05, 4.69) is 4.98 Å². The fourth-order valence-corrected chi connectivity index (χ4v) is 1.62. The third kappa shape index (κ3) is 2.60. The number of pyridine rings is 1. The Labute approximate surface area is 106 Å². The summed E-state index contributed by atoms with van der Waals surface area (Å²) in [7, 11) is 1.61. The highest BCUT2D eigenvalue weighted by Gasteiger charge is 2.08. The van der Waals surface area contributed by atoms with Gasteiger partial charge in [-0.2, -0.15) is 0 Å². The molecule has 0 aliphatic heterocycles. The number of nitrogens with two attached hydrogens (primary N) is 1. The molecule has 0 unspecified atom stereocenters. The van der Waals surface area contributed by atoms with Gasteiger partial charge in [0, 0.05) is 24.5 Å². The Hall–Kier alpha value is -2.07. The molecule has 1 aromatic carbocycles. The molecule has 4 heteroatoms. The van der Waals surface area contributed by atoms with Crippen LogP contribution >= 0.6 is 0 Å². The van der Waals surface area contributed by atoms with Gasteiger partial charge in [0.25, 0.3) is 0 Å². The van der Waals surface area contributed by atoms with Crippen LogP contribution in [-0.2, 0) is 6.54 Å². The van der Waals surface area contributed by atoms with Gasteiger partial charge in [0.05, 0.1) is 7.11 Å². The normalized spacial score (nSPS) is 10.2. The van der Waals surface area contributed by atoms with E-state index in [4.69, 9.17) is 15.2 Å². The van der Waals surface area contributed by atoms with Crippen LogP contribution in [0.4, 0.5) is 0 Å². The summed E-state index contributed by atoms with van der Waals surface area (Å²) in [4.78, 5) is 4.03. The van der Waals surface area contributed by atoms with E-state index in [1.165, 1.54) is 0 Å². The molecule has 18 heavy (non-hydrogen) atoms. The van der Waals surface area contributed by atoms with Gasteiger partial charge in [-0.05, 0) is 30.7 Å². The van der Waals surface area contributed by atoms with Crippen molar-refractivity contribution in [2.24, 2.45) is 5.73 Å².